The average Bonchev–Trinajstić information content (AvgIpc) is 2.34. The zero-order chi connectivity index (χ0) is 8.27. The molecule has 2 nitrogen and oxygen atoms in total. The van der Waals surface area contributed by atoms with Gasteiger partial charge in [-0.1, -0.05) is 19.8 Å². The lowest BCUT2D eigenvalue weighted by Gasteiger charge is -2.06. The molecule has 0 radical (unpaired) electrons. The van der Waals surface area contributed by atoms with Crippen molar-refractivity contribution < 1.29 is 4.79 Å². The van der Waals surface area contributed by atoms with Gasteiger partial charge in [0.25, 0.3) is 0 Å². The van der Waals surface area contributed by atoms with E-state index in [9.17, 15) is 4.79 Å². The first-order chi connectivity index (χ1) is 5.22. The highest BCUT2D eigenvalue weighted by Gasteiger charge is 2.24. The Hall–Kier alpha value is -0.530. The van der Waals surface area contributed by atoms with Crippen LogP contribution in [-0.2, 0) is 4.79 Å². The van der Waals surface area contributed by atoms with Crippen molar-refractivity contribution in [3.05, 3.63) is 0 Å². The van der Waals surface area contributed by atoms with Gasteiger partial charge >= 0.3 is 0 Å². The van der Waals surface area contributed by atoms with E-state index in [1.54, 1.807) is 0 Å². The number of hydrogen-bond donors (Lipinski definition) is 1. The van der Waals surface area contributed by atoms with Crippen LogP contribution >= 0.6 is 0 Å². The van der Waals surface area contributed by atoms with Crippen LogP contribution in [0.3, 0.4) is 0 Å². The molecule has 0 spiro atoms. The Bertz CT molecular complexity index is 144. The molecule has 1 unspecified atom stereocenters. The van der Waals surface area contributed by atoms with Gasteiger partial charge in [-0.05, 0) is 24.7 Å². The molecular weight excluding hydrogens is 138 g/mol. The Balaban J connectivity index is 2.24. The summed E-state index contributed by atoms with van der Waals surface area (Å²) in [6.07, 6.45) is 5.60. The molecule has 1 saturated carbocycles. The molecule has 1 fully saturated rings. The second kappa shape index (κ2) is 3.74. The fraction of sp³-hybridized carbons (Fsp3) is 0.889. The highest BCUT2D eigenvalue weighted by atomic mass is 16.1. The van der Waals surface area contributed by atoms with Crippen LogP contribution in [0.2, 0.25) is 0 Å². The van der Waals surface area contributed by atoms with Crippen LogP contribution in [-0.4, -0.2) is 5.91 Å². The van der Waals surface area contributed by atoms with E-state index in [-0.39, 0.29) is 5.91 Å². The molecule has 1 aliphatic carbocycles. The summed E-state index contributed by atoms with van der Waals surface area (Å²) in [6, 6.07) is 0. The maximum atomic E-state index is 10.6. The van der Waals surface area contributed by atoms with Gasteiger partial charge in [-0.15, -0.1) is 0 Å². The van der Waals surface area contributed by atoms with Crippen molar-refractivity contribution in [1.29, 1.82) is 0 Å². The molecule has 0 aromatic rings. The summed E-state index contributed by atoms with van der Waals surface area (Å²) < 4.78 is 0. The molecule has 2 heteroatoms. The van der Waals surface area contributed by atoms with E-state index in [4.69, 9.17) is 5.73 Å². The first kappa shape index (κ1) is 8.57. The van der Waals surface area contributed by atoms with Crippen molar-refractivity contribution in [1.82, 2.24) is 0 Å². The van der Waals surface area contributed by atoms with E-state index in [0.717, 1.165) is 5.92 Å². The van der Waals surface area contributed by atoms with Gasteiger partial charge in [0.2, 0.25) is 5.91 Å². The third-order valence-corrected chi connectivity index (χ3v) is 2.72. The molecule has 1 rings (SSSR count). The molecule has 0 aliphatic heterocycles. The van der Waals surface area contributed by atoms with Crippen molar-refractivity contribution in [3.63, 3.8) is 0 Å². The fourth-order valence-corrected chi connectivity index (χ4v) is 2.02. The molecule has 2 atom stereocenters. The van der Waals surface area contributed by atoms with Gasteiger partial charge in [-0.3, -0.25) is 4.79 Å². The van der Waals surface area contributed by atoms with Crippen molar-refractivity contribution in [2.45, 2.75) is 39.0 Å². The lowest BCUT2D eigenvalue weighted by atomic mass is 10.0. The van der Waals surface area contributed by atoms with Crippen molar-refractivity contribution in [3.8, 4) is 0 Å². The van der Waals surface area contributed by atoms with Gasteiger partial charge in [-0.25, -0.2) is 0 Å². The zero-order valence-corrected chi connectivity index (χ0v) is 7.18. The zero-order valence-electron chi connectivity index (χ0n) is 7.18. The van der Waals surface area contributed by atoms with Gasteiger partial charge in [-0.2, -0.15) is 0 Å². The van der Waals surface area contributed by atoms with Gasteiger partial charge in [0, 0.05) is 6.42 Å². The van der Waals surface area contributed by atoms with E-state index >= 15 is 0 Å². The number of amides is 1. The number of primary amides is 1. The predicted molar refractivity (Wildman–Crippen MR) is 44.9 cm³/mol. The molecule has 1 amide bonds. The first-order valence-corrected chi connectivity index (χ1v) is 4.50. The van der Waals surface area contributed by atoms with Gasteiger partial charge < -0.3 is 5.73 Å². The van der Waals surface area contributed by atoms with Gasteiger partial charge in [0.05, 0.1) is 0 Å². The van der Waals surface area contributed by atoms with E-state index in [0.29, 0.717) is 12.3 Å². The summed E-state index contributed by atoms with van der Waals surface area (Å²) in [5, 5.41) is 0. The highest BCUT2D eigenvalue weighted by molar-refractivity contribution is 5.74. The lowest BCUT2D eigenvalue weighted by Crippen LogP contribution is -2.14. The largest absolute Gasteiger partial charge is 0.370 e. The van der Waals surface area contributed by atoms with E-state index in [1.807, 2.05) is 0 Å². The Kier molecular flexibility index (Phi) is 2.92. The molecule has 0 bridgehead atoms. The van der Waals surface area contributed by atoms with Crippen LogP contribution in [0.25, 0.3) is 0 Å². The molecule has 1 aliphatic rings. The lowest BCUT2D eigenvalue weighted by molar-refractivity contribution is -0.118. The Morgan fingerprint density at radius 1 is 1.45 bits per heavy atom. The smallest absolute Gasteiger partial charge is 0.217 e. The topological polar surface area (TPSA) is 43.1 Å². The molecular formula is C9H17NO. The second-order valence-electron chi connectivity index (χ2n) is 3.62. The molecule has 2 N–H and O–H groups in total. The number of hydrogen-bond acceptors (Lipinski definition) is 1. The summed E-state index contributed by atoms with van der Waals surface area (Å²) >= 11 is 0. The number of carbonyl (C=O) groups is 1. The standard InChI is InChI=1S/C9H17NO/c1-2-7-3-4-8(5-7)6-9(10)11/h7-8H,2-6H2,1H3,(H2,10,11)/t7?,8-/m0/s1. The van der Waals surface area contributed by atoms with Crippen LogP contribution < -0.4 is 5.73 Å². The molecule has 0 aromatic carbocycles. The van der Waals surface area contributed by atoms with E-state index in [2.05, 4.69) is 6.92 Å². The summed E-state index contributed by atoms with van der Waals surface area (Å²) in [7, 11) is 0. The number of nitrogens with two attached hydrogens (primary N) is 1. The average molecular weight is 155 g/mol. The Morgan fingerprint density at radius 3 is 2.55 bits per heavy atom. The van der Waals surface area contributed by atoms with E-state index < -0.39 is 0 Å². The van der Waals surface area contributed by atoms with E-state index in [1.165, 1.54) is 25.7 Å². The molecule has 0 heterocycles. The van der Waals surface area contributed by atoms with Crippen LogP contribution in [0, 0.1) is 11.8 Å². The van der Waals surface area contributed by atoms with Crippen LogP contribution in [0.15, 0.2) is 0 Å². The quantitative estimate of drug-likeness (QED) is 0.662. The summed E-state index contributed by atoms with van der Waals surface area (Å²) in [6.45, 7) is 2.22. The number of rotatable bonds is 3. The first-order valence-electron chi connectivity index (χ1n) is 4.50. The third-order valence-electron chi connectivity index (χ3n) is 2.72. The van der Waals surface area contributed by atoms with Crippen LogP contribution in [0.5, 0.6) is 0 Å². The Labute approximate surface area is 68.2 Å². The summed E-state index contributed by atoms with van der Waals surface area (Å²) in [5.74, 6) is 1.32. The normalized spacial score (nSPS) is 30.6. The molecule has 0 aromatic heterocycles. The number of carbonyl (C=O) groups excluding carboxylic acids is 1. The van der Waals surface area contributed by atoms with Crippen LogP contribution in [0.4, 0.5) is 0 Å². The Morgan fingerprint density at radius 2 is 2.09 bits per heavy atom. The van der Waals surface area contributed by atoms with Crippen molar-refractivity contribution in [2.24, 2.45) is 17.6 Å². The van der Waals surface area contributed by atoms with Gasteiger partial charge in [0.1, 0.15) is 0 Å². The van der Waals surface area contributed by atoms with Crippen molar-refractivity contribution in [2.75, 3.05) is 0 Å². The third kappa shape index (κ3) is 2.52. The SMILES string of the molecule is CCC1CC[C@H](CC(N)=O)C1. The summed E-state index contributed by atoms with van der Waals surface area (Å²) in [5.41, 5.74) is 5.12. The van der Waals surface area contributed by atoms with Crippen LogP contribution in [0.1, 0.15) is 39.0 Å². The molecule has 11 heavy (non-hydrogen) atoms. The molecule has 0 saturated heterocycles. The van der Waals surface area contributed by atoms with Crippen molar-refractivity contribution >= 4 is 5.91 Å². The maximum Gasteiger partial charge on any atom is 0.217 e. The minimum Gasteiger partial charge on any atom is -0.370 e. The molecule has 64 valence electrons. The maximum absolute atomic E-state index is 10.6. The predicted octanol–water partition coefficient (Wildman–Crippen LogP) is 1.69. The minimum absolute atomic E-state index is 0.133. The highest BCUT2D eigenvalue weighted by Crippen LogP contribution is 2.34. The monoisotopic (exact) mass is 155 g/mol. The summed E-state index contributed by atoms with van der Waals surface area (Å²) in [4.78, 5) is 10.6. The van der Waals surface area contributed by atoms with Gasteiger partial charge in [0.15, 0.2) is 0 Å². The second-order valence-corrected chi connectivity index (χ2v) is 3.62. The fourth-order valence-electron chi connectivity index (χ4n) is 2.02. The minimum atomic E-state index is -0.133.